The zero-order valence-corrected chi connectivity index (χ0v) is 89.9. The van der Waals surface area contributed by atoms with Crippen LogP contribution in [0.2, 0.25) is 0 Å². The predicted octanol–water partition coefficient (Wildman–Crippen LogP) is 14.9. The summed E-state index contributed by atoms with van der Waals surface area (Å²) in [5.41, 5.74) is 14.3. The quantitative estimate of drug-likeness (QED) is 0.0282. The molecule has 0 aliphatic carbocycles. The van der Waals surface area contributed by atoms with Crippen molar-refractivity contribution in [2.75, 3.05) is 42.7 Å². The number of aromatic amines is 5. The van der Waals surface area contributed by atoms with Crippen molar-refractivity contribution >= 4 is 126 Å². The molecular formula is C113H147N15O20. The Balaban J connectivity index is 0.000000132. The number of aromatic nitrogens is 5. The maximum atomic E-state index is 13.6. The molecule has 10 aliphatic rings. The van der Waals surface area contributed by atoms with Gasteiger partial charge in [0.1, 0.15) is 83.1 Å². The van der Waals surface area contributed by atoms with E-state index >= 15 is 0 Å². The van der Waals surface area contributed by atoms with Gasteiger partial charge in [-0.3, -0.25) is 57.5 Å². The van der Waals surface area contributed by atoms with Crippen molar-refractivity contribution in [3.63, 3.8) is 0 Å². The fourth-order valence-electron chi connectivity index (χ4n) is 23.5. The summed E-state index contributed by atoms with van der Waals surface area (Å²) in [4.78, 5) is 182. The van der Waals surface area contributed by atoms with Crippen LogP contribution in [0, 0.1) is 29.6 Å². The Morgan fingerprint density at radius 2 is 0.561 bits per heavy atom. The summed E-state index contributed by atoms with van der Waals surface area (Å²) in [7, 11) is 9.72. The second kappa shape index (κ2) is 42.8. The van der Waals surface area contributed by atoms with Crippen LogP contribution in [0.1, 0.15) is 276 Å². The number of H-pyrrole nitrogens is 5. The Labute approximate surface area is 863 Å². The van der Waals surface area contributed by atoms with Crippen LogP contribution in [0.3, 0.4) is 0 Å². The topological polar surface area (TPSA) is 434 Å². The zero-order valence-electron chi connectivity index (χ0n) is 89.9. The minimum absolute atomic E-state index is 0.00198. The normalized spacial score (nSPS) is 23.8. The van der Waals surface area contributed by atoms with Crippen molar-refractivity contribution in [3.8, 4) is 34.5 Å². The molecule has 20 rings (SSSR count). The standard InChI is InChI=1S/C26H35N3O5.C25H33N3O4.2C21H27N3O4.C20H25N3O3/c1-14(2)11-20-23-17(16-8-7-15(33-6)12-19(16)27-23)13-21-24(31)28-18(25(32)29(20)21)9-10-22(30)34-26(3,4)5;1-14(2)12-19-22-16(15-8-6-7-9-17(15)26-22)13-20-23(30)27-18(24(31)28(19)20)10-11-21(29)32-25(3,4)5;2*1-10(2)6-15-19-13(7-16-20(25)22-11(3)21(26)24(15)16)12-8-17(27-4)18(28-5)9-14(12)23-19;1-10(2)7-16-18-14(13-6-5-12(26-4)8-15(13)22-18)9-17-19(24)21-11(3)20(25)23(16)17/h7-8,12,14,18,20-21,27H,9-11,13H2,1-6H3,(H,28,31);6-9,14,18-20,26H,10-13H2,1-5H3,(H,27,30);2*8-11,15-16,23H,6-7H2,1-5H3,(H,22,25);5-6,8,10-11,16-17,22H,7,9H2,1-4H3,(H,21,24)/t18-,20-,21-;18-,19-,20-;11-,15-,16+;11-,15-,16-;11-,16-,17-/m00000/s1. The van der Waals surface area contributed by atoms with Gasteiger partial charge in [-0.15, -0.1) is 0 Å². The lowest BCUT2D eigenvalue weighted by Gasteiger charge is -2.46. The third-order valence-electron chi connectivity index (χ3n) is 29.8. The molecule has 15 heterocycles. The first kappa shape index (κ1) is 107. The highest BCUT2D eigenvalue weighted by atomic mass is 16.6. The minimum Gasteiger partial charge on any atom is -0.497 e. The lowest BCUT2D eigenvalue weighted by Crippen LogP contribution is -2.66. The average molecular weight is 2040 g/mol. The smallest absolute Gasteiger partial charge is 0.306 e. The molecule has 10 N–H and O–H groups in total. The summed E-state index contributed by atoms with van der Waals surface area (Å²) < 4.78 is 43.3. The molecule has 15 atom stereocenters. The van der Waals surface area contributed by atoms with Gasteiger partial charge in [0.2, 0.25) is 59.1 Å². The molecule has 0 saturated carbocycles. The van der Waals surface area contributed by atoms with E-state index in [9.17, 15) is 57.5 Å². The molecule has 5 aromatic heterocycles. The van der Waals surface area contributed by atoms with Gasteiger partial charge in [0.05, 0.1) is 72.9 Å². The minimum atomic E-state index is -0.739. The van der Waals surface area contributed by atoms with Gasteiger partial charge in [-0.1, -0.05) is 87.4 Å². The van der Waals surface area contributed by atoms with Gasteiger partial charge in [-0.2, -0.15) is 0 Å². The van der Waals surface area contributed by atoms with Crippen LogP contribution in [0.15, 0.2) is 84.9 Å². The molecule has 10 aromatic rings. The van der Waals surface area contributed by atoms with E-state index in [0.717, 1.165) is 154 Å². The van der Waals surface area contributed by atoms with E-state index in [2.05, 4.69) is 127 Å². The molecule has 5 saturated heterocycles. The van der Waals surface area contributed by atoms with E-state index in [1.807, 2.05) is 105 Å². The second-order valence-corrected chi connectivity index (χ2v) is 45.1. The largest absolute Gasteiger partial charge is 0.497 e. The number of hydrogen-bond donors (Lipinski definition) is 10. The number of carbonyl (C=O) groups excluding carboxylic acids is 12. The first-order valence-corrected chi connectivity index (χ1v) is 52.2. The maximum Gasteiger partial charge on any atom is 0.306 e. The highest BCUT2D eigenvalue weighted by Gasteiger charge is 2.55. The number of para-hydroxylation sites is 1. The molecule has 35 nitrogen and oxygen atoms in total. The summed E-state index contributed by atoms with van der Waals surface area (Å²) in [5.74, 6) is 4.38. The Morgan fingerprint density at radius 1 is 0.311 bits per heavy atom. The third kappa shape index (κ3) is 21.3. The van der Waals surface area contributed by atoms with Crippen molar-refractivity contribution in [2.45, 2.75) is 323 Å². The molecule has 10 amide bonds. The number of rotatable bonds is 22. The highest BCUT2D eigenvalue weighted by molar-refractivity contribution is 6.05. The highest BCUT2D eigenvalue weighted by Crippen LogP contribution is 2.51. The molecule has 148 heavy (non-hydrogen) atoms. The molecule has 0 bridgehead atoms. The van der Waals surface area contributed by atoms with E-state index in [-0.39, 0.29) is 127 Å². The first-order valence-electron chi connectivity index (χ1n) is 52.2. The molecular weight excluding hydrogens is 1890 g/mol. The Morgan fingerprint density at radius 3 is 0.838 bits per heavy atom. The molecule has 0 spiro atoms. The summed E-state index contributed by atoms with van der Waals surface area (Å²) >= 11 is 0. The molecule has 0 unspecified atom stereocenters. The van der Waals surface area contributed by atoms with Gasteiger partial charge in [0.25, 0.3) is 0 Å². The number of nitrogens with zero attached hydrogens (tertiary/aromatic N) is 5. The van der Waals surface area contributed by atoms with E-state index in [4.69, 9.17) is 37.9 Å². The van der Waals surface area contributed by atoms with Crippen LogP contribution in [0.4, 0.5) is 0 Å². The van der Waals surface area contributed by atoms with Crippen LogP contribution in [-0.4, -0.2) is 235 Å². The van der Waals surface area contributed by atoms with E-state index < -0.39 is 71.6 Å². The van der Waals surface area contributed by atoms with Crippen LogP contribution in [0.5, 0.6) is 34.5 Å². The zero-order chi connectivity index (χ0) is 107. The number of amides is 10. The fourth-order valence-corrected chi connectivity index (χ4v) is 23.5. The molecule has 5 fully saturated rings. The van der Waals surface area contributed by atoms with Gasteiger partial charge in [0, 0.05) is 152 Å². The van der Waals surface area contributed by atoms with E-state index in [1.54, 1.807) is 104 Å². The van der Waals surface area contributed by atoms with Gasteiger partial charge >= 0.3 is 11.9 Å². The van der Waals surface area contributed by atoms with Gasteiger partial charge in [-0.25, -0.2) is 0 Å². The fraction of sp³-hybridized carbons (Fsp3) is 0.540. The lowest BCUT2D eigenvalue weighted by molar-refractivity contribution is -0.158. The van der Waals surface area contributed by atoms with Crippen molar-refractivity contribution in [2.24, 2.45) is 29.6 Å². The number of benzene rings is 5. The average Bonchev–Trinajstić information content (AvgIpc) is 1.57. The van der Waals surface area contributed by atoms with Crippen molar-refractivity contribution in [1.82, 2.24) is 76.0 Å². The number of piperazine rings is 5. The van der Waals surface area contributed by atoms with E-state index in [1.165, 1.54) is 0 Å². The molecule has 10 aliphatic heterocycles. The summed E-state index contributed by atoms with van der Waals surface area (Å²) in [6.07, 6.45) is 6.94. The summed E-state index contributed by atoms with van der Waals surface area (Å²) in [5, 5.41) is 19.5. The Hall–Kier alpha value is -13.8. The van der Waals surface area contributed by atoms with Crippen LogP contribution in [-0.2, 0) is 99.1 Å². The Bertz CT molecular complexity index is 6640. The second-order valence-electron chi connectivity index (χ2n) is 45.1. The number of ether oxygens (including phenoxy) is 8. The molecule has 35 heteroatoms. The Kier molecular flexibility index (Phi) is 31.0. The molecule has 794 valence electrons. The van der Waals surface area contributed by atoms with Crippen LogP contribution >= 0.6 is 0 Å². The monoisotopic (exact) mass is 2030 g/mol. The number of hydrogen-bond acceptors (Lipinski definition) is 20. The van der Waals surface area contributed by atoms with Crippen molar-refractivity contribution in [3.05, 3.63) is 141 Å². The lowest BCUT2D eigenvalue weighted by atomic mass is 9.85. The summed E-state index contributed by atoms with van der Waals surface area (Å²) in [6.45, 7) is 37.4. The first-order chi connectivity index (χ1) is 70.1. The number of methoxy groups -OCH3 is 6. The van der Waals surface area contributed by atoms with Crippen molar-refractivity contribution < 1.29 is 95.4 Å². The van der Waals surface area contributed by atoms with E-state index in [0.29, 0.717) is 84.7 Å². The number of esters is 2. The van der Waals surface area contributed by atoms with Gasteiger partial charge in [-0.05, 0) is 207 Å². The van der Waals surface area contributed by atoms with Gasteiger partial charge in [0.15, 0.2) is 23.0 Å². The SMILES string of the molecule is CC(C)C[C@H]1c2[nH]c3ccccc3c2C[C@H]2C(=O)N[C@@H](CCC(=O)OC(C)(C)C)C(=O)N21.COc1cc2[nH]c3c(c2cc1OC)C[C@@H]1C(=O)N[C@@H](C)C(=O)N1[C@H]3CC(C)C.COc1cc2[nH]c3c(c2cc1OC)C[C@H]1C(=O)N[C@@H](C)C(=O)N1[C@H]3CC(C)C.COc1ccc2c3c([nH]c2c1)[C@H](CC(C)C)N1C(=O)[C@H](C)NC(=O)[C@@H]1C3.COc1ccc2c3c([nH]c2c1)[C@H](CC(C)C)N1C(=O)[C@H](CCC(=O)OC(C)(C)C)NC(=O)[C@@H]1C3. The predicted molar refractivity (Wildman–Crippen MR) is 560 cm³/mol. The van der Waals surface area contributed by atoms with Crippen LogP contribution in [0.25, 0.3) is 54.5 Å². The third-order valence-corrected chi connectivity index (χ3v) is 29.8. The number of fused-ring (bicyclic) bond motifs is 20. The number of carbonyl (C=O) groups is 12. The maximum absolute atomic E-state index is 13.6. The molecule has 0 radical (unpaired) electrons. The molecule has 5 aromatic carbocycles. The summed E-state index contributed by atoms with van der Waals surface area (Å²) in [6, 6.07) is 21.4. The van der Waals surface area contributed by atoms with Gasteiger partial charge < -0.3 is 114 Å². The van der Waals surface area contributed by atoms with Crippen LogP contribution < -0.4 is 55.0 Å². The van der Waals surface area contributed by atoms with Crippen molar-refractivity contribution in [1.29, 1.82) is 0 Å². The number of nitrogens with one attached hydrogen (secondary N) is 10.